The summed E-state index contributed by atoms with van der Waals surface area (Å²) in [5.74, 6) is -1.79. The molecule has 15 nitrogen and oxygen atoms in total. The van der Waals surface area contributed by atoms with E-state index in [1.165, 1.54) is 23.5 Å². The van der Waals surface area contributed by atoms with Crippen LogP contribution in [-0.2, 0) is 24.9 Å². The minimum Gasteiger partial charge on any atom is -0.477 e. The number of thioether (sulfide) groups is 3. The Morgan fingerprint density at radius 1 is 1.34 bits per heavy atom. The van der Waals surface area contributed by atoms with E-state index in [-0.39, 0.29) is 28.3 Å². The number of anilines is 1. The smallest absolute Gasteiger partial charge is 0.353 e. The number of carboxylic acids is 1. The molecule has 4 rings (SSSR count). The zero-order valence-corrected chi connectivity index (χ0v) is 24.6. The second-order valence-electron chi connectivity index (χ2n) is 8.65. The van der Waals surface area contributed by atoms with Gasteiger partial charge in [0, 0.05) is 51.3 Å². The summed E-state index contributed by atoms with van der Waals surface area (Å²) in [6.07, 6.45) is 1.64. The molecule has 2 aliphatic heterocycles. The van der Waals surface area contributed by atoms with Gasteiger partial charge in [0.2, 0.25) is 11.9 Å². The molecule has 4 heterocycles. The second kappa shape index (κ2) is 13.6. The first kappa shape index (κ1) is 30.7. The molecule has 2 aliphatic rings. The molecule has 0 spiro atoms. The van der Waals surface area contributed by atoms with Crippen LogP contribution in [0.1, 0.15) is 24.5 Å². The lowest BCUT2D eigenvalue weighted by atomic mass is 10.0. The topological polar surface area (TPSA) is 236 Å². The monoisotopic (exact) mass is 639 g/mol. The van der Waals surface area contributed by atoms with Crippen molar-refractivity contribution in [1.29, 1.82) is 0 Å². The van der Waals surface area contributed by atoms with Gasteiger partial charge in [0.25, 0.3) is 11.8 Å². The lowest BCUT2D eigenvalue weighted by molar-refractivity contribution is -0.150. The number of amides is 3. The van der Waals surface area contributed by atoms with Crippen LogP contribution in [0.5, 0.6) is 0 Å². The highest BCUT2D eigenvalue weighted by Crippen LogP contribution is 2.45. The van der Waals surface area contributed by atoms with E-state index in [4.69, 9.17) is 11.5 Å². The Bertz CT molecular complexity index is 1390. The predicted octanol–water partition coefficient (Wildman–Crippen LogP) is 0.508. The maximum Gasteiger partial charge on any atom is 0.353 e. The molecule has 0 radical (unpaired) electrons. The molecule has 3 amide bonds. The van der Waals surface area contributed by atoms with Crippen LogP contribution in [0.4, 0.5) is 5.13 Å². The molecule has 2 aromatic heterocycles. The number of nitrogens with one attached hydrogen (secondary N) is 2. The van der Waals surface area contributed by atoms with E-state index in [0.717, 1.165) is 27.0 Å². The summed E-state index contributed by atoms with van der Waals surface area (Å²) in [4.78, 5) is 71.5. The van der Waals surface area contributed by atoms with Crippen molar-refractivity contribution in [3.05, 3.63) is 45.4 Å². The van der Waals surface area contributed by atoms with Crippen LogP contribution in [0.2, 0.25) is 0 Å². The highest BCUT2D eigenvalue weighted by Gasteiger charge is 2.55. The fourth-order valence-electron chi connectivity index (χ4n) is 3.81. The molecular formula is C22H25N9O6S4. The van der Waals surface area contributed by atoms with Crippen LogP contribution in [0, 0.1) is 4.91 Å². The largest absolute Gasteiger partial charge is 0.477 e. The van der Waals surface area contributed by atoms with Crippen LogP contribution in [-0.4, -0.2) is 83.5 Å². The van der Waals surface area contributed by atoms with Gasteiger partial charge in [-0.1, -0.05) is 11.8 Å². The van der Waals surface area contributed by atoms with E-state index < -0.39 is 41.3 Å². The number of carbonyl (C=O) groups excluding carboxylic acids is 3. The average molecular weight is 640 g/mol. The lowest BCUT2D eigenvalue weighted by Crippen LogP contribution is -2.70. The summed E-state index contributed by atoms with van der Waals surface area (Å²) >= 11 is 4.84. The Morgan fingerprint density at radius 2 is 2.12 bits per heavy atom. The highest BCUT2D eigenvalue weighted by atomic mass is 32.2. The van der Waals surface area contributed by atoms with Crippen LogP contribution < -0.4 is 22.1 Å². The molecular weight excluding hydrogens is 615 g/mol. The number of nitroso groups, excluding NO2 is 1. The number of β-lactam (4-membered cyclic amide) rings is 1. The molecule has 7 N–H and O–H groups in total. The summed E-state index contributed by atoms with van der Waals surface area (Å²) in [5.41, 5.74) is 11.6. The number of aromatic nitrogens is 3. The van der Waals surface area contributed by atoms with Gasteiger partial charge in [0.15, 0.2) is 11.0 Å². The number of carboxylic acid groups (broad SMARTS) is 1. The molecule has 1 saturated heterocycles. The van der Waals surface area contributed by atoms with E-state index in [1.54, 1.807) is 30.9 Å². The van der Waals surface area contributed by atoms with E-state index in [2.05, 4.69) is 30.2 Å². The van der Waals surface area contributed by atoms with Crippen LogP contribution in [0.15, 0.2) is 39.0 Å². The summed E-state index contributed by atoms with van der Waals surface area (Å²) < 4.78 is 3.83. The predicted molar refractivity (Wildman–Crippen MR) is 155 cm³/mol. The number of hydrogen-bond acceptors (Lipinski definition) is 15. The van der Waals surface area contributed by atoms with E-state index >= 15 is 0 Å². The first-order valence-electron chi connectivity index (χ1n) is 12.0. The minimum atomic E-state index is -1.60. The summed E-state index contributed by atoms with van der Waals surface area (Å²) in [6, 6.07) is 0.325. The van der Waals surface area contributed by atoms with Gasteiger partial charge < -0.3 is 27.2 Å². The number of hydrogen-bond donors (Lipinski definition) is 5. The van der Waals surface area contributed by atoms with Gasteiger partial charge in [-0.25, -0.2) is 9.78 Å². The van der Waals surface area contributed by atoms with Crippen molar-refractivity contribution in [2.75, 3.05) is 23.8 Å². The summed E-state index contributed by atoms with van der Waals surface area (Å²) in [6.45, 7) is 2.05. The second-order valence-corrected chi connectivity index (χ2v) is 12.8. The Hall–Kier alpha value is -3.26. The number of nitrogen functional groups attached to an aromatic ring is 1. The third-order valence-electron chi connectivity index (χ3n) is 5.77. The average Bonchev–Trinajstić information content (AvgIpc) is 3.37. The Labute approximate surface area is 250 Å². The standard InChI is InChI=1S/C22H25N9O6S4/c1-9(23)17(32)26-5-6-38-7-10-11(3-2-4-25-10)40-12-8-39-20-14(19(34)31(20)15(12)21(35)36)27-18(33)13(29-37)16-28-22(24)41-30-16/h2-4,9,13-14,20H,5-8,23H2,1H3,(H,26,32)(H,27,33)(H,35,36)(H2,24,28,30)/t9-,13?,14+,20-/m0/s1. The third-order valence-corrected chi connectivity index (χ3v) is 9.93. The molecule has 0 aliphatic carbocycles. The van der Waals surface area contributed by atoms with Gasteiger partial charge in [-0.05, 0) is 24.2 Å². The quantitative estimate of drug-likeness (QED) is 0.114. The van der Waals surface area contributed by atoms with Crippen molar-refractivity contribution in [2.45, 2.75) is 41.1 Å². The fraction of sp³-hybridized carbons (Fsp3) is 0.409. The van der Waals surface area contributed by atoms with Crippen molar-refractivity contribution in [2.24, 2.45) is 10.9 Å². The zero-order valence-electron chi connectivity index (χ0n) is 21.4. The maximum atomic E-state index is 13.0. The van der Waals surface area contributed by atoms with Crippen molar-refractivity contribution in [1.82, 2.24) is 29.9 Å². The van der Waals surface area contributed by atoms with Gasteiger partial charge >= 0.3 is 5.97 Å². The summed E-state index contributed by atoms with van der Waals surface area (Å²) in [7, 11) is 0. The lowest BCUT2D eigenvalue weighted by Gasteiger charge is -2.49. The molecule has 19 heteroatoms. The SMILES string of the molecule is C[C@H](N)C(=O)NCCSCc1ncccc1SC1=C(C(=O)O)N2C(=O)[C@@H](NC(=O)C(N=O)c3nsc(N)n3)[C@@H]2SC1. The molecule has 218 valence electrons. The minimum absolute atomic E-state index is 0.0532. The van der Waals surface area contributed by atoms with E-state index in [0.29, 0.717) is 23.0 Å². The zero-order chi connectivity index (χ0) is 29.7. The van der Waals surface area contributed by atoms with Gasteiger partial charge in [-0.15, -0.1) is 16.7 Å². The Morgan fingerprint density at radius 3 is 2.78 bits per heavy atom. The number of nitrogens with two attached hydrogens (primary N) is 2. The fourth-order valence-corrected chi connectivity index (χ4v) is 7.74. The van der Waals surface area contributed by atoms with Gasteiger partial charge in [0.05, 0.1) is 11.7 Å². The first-order chi connectivity index (χ1) is 19.6. The number of fused-ring (bicyclic) bond motifs is 1. The molecule has 4 atom stereocenters. The Kier molecular flexibility index (Phi) is 10.2. The van der Waals surface area contributed by atoms with Crippen molar-refractivity contribution in [3.63, 3.8) is 0 Å². The van der Waals surface area contributed by atoms with Gasteiger partial charge in [-0.2, -0.15) is 16.1 Å². The number of aliphatic carboxylic acids is 1. The van der Waals surface area contributed by atoms with Crippen LogP contribution >= 0.6 is 46.8 Å². The van der Waals surface area contributed by atoms with Crippen LogP contribution in [0.3, 0.4) is 0 Å². The molecule has 0 saturated carbocycles. The number of pyridine rings is 1. The van der Waals surface area contributed by atoms with Crippen molar-refractivity contribution in [3.8, 4) is 0 Å². The van der Waals surface area contributed by atoms with Crippen molar-refractivity contribution >= 4 is 75.6 Å². The molecule has 1 fully saturated rings. The summed E-state index contributed by atoms with van der Waals surface area (Å²) in [5, 5.41) is 17.4. The molecule has 0 bridgehead atoms. The Balaban J connectivity index is 1.42. The van der Waals surface area contributed by atoms with E-state index in [9.17, 15) is 29.2 Å². The molecule has 1 unspecified atom stereocenters. The first-order valence-corrected chi connectivity index (χ1v) is 15.8. The third kappa shape index (κ3) is 6.97. The molecule has 0 aromatic carbocycles. The number of nitrogens with zero attached hydrogens (tertiary/aromatic N) is 5. The molecule has 2 aromatic rings. The van der Waals surface area contributed by atoms with Gasteiger partial charge in [-0.3, -0.25) is 24.3 Å². The van der Waals surface area contributed by atoms with E-state index in [1.807, 2.05) is 6.07 Å². The number of carbonyl (C=O) groups is 4. The van der Waals surface area contributed by atoms with Gasteiger partial charge in [0.1, 0.15) is 17.1 Å². The maximum absolute atomic E-state index is 13.0. The van der Waals surface area contributed by atoms with Crippen molar-refractivity contribution < 1.29 is 24.3 Å². The van der Waals surface area contributed by atoms with Crippen LogP contribution in [0.25, 0.3) is 0 Å². The normalized spacial score (nSPS) is 19.6. The molecule has 41 heavy (non-hydrogen) atoms. The highest BCUT2D eigenvalue weighted by molar-refractivity contribution is 8.06. The number of rotatable bonds is 13.